The molecule has 0 unspecified atom stereocenters. The van der Waals surface area contributed by atoms with Gasteiger partial charge in [0.25, 0.3) is 0 Å². The Kier molecular flexibility index (Phi) is 5.33. The summed E-state index contributed by atoms with van der Waals surface area (Å²) in [6.07, 6.45) is 8.26. The molecule has 3 rings (SSSR count). The maximum Gasteiger partial charge on any atom is 0.126 e. The Labute approximate surface area is 155 Å². The summed E-state index contributed by atoms with van der Waals surface area (Å²) >= 11 is 4.35. The normalized spacial score (nSPS) is 15.9. The van der Waals surface area contributed by atoms with Crippen LogP contribution in [0.1, 0.15) is 50.2 Å². The third-order valence-electron chi connectivity index (χ3n) is 5.20. The van der Waals surface area contributed by atoms with E-state index in [0.717, 1.165) is 29.2 Å². The summed E-state index contributed by atoms with van der Waals surface area (Å²) in [6.45, 7) is 3.29. The average molecular weight is 355 g/mol. The van der Waals surface area contributed by atoms with E-state index in [1.54, 1.807) is 12.3 Å². The number of hydrogen-bond acceptors (Lipinski definition) is 5. The van der Waals surface area contributed by atoms with Crippen molar-refractivity contribution in [3.8, 4) is 0 Å². The fourth-order valence-corrected chi connectivity index (χ4v) is 3.77. The highest BCUT2D eigenvalue weighted by Crippen LogP contribution is 2.40. The molecule has 0 spiro atoms. The summed E-state index contributed by atoms with van der Waals surface area (Å²) in [6, 6.07) is 9.21. The third kappa shape index (κ3) is 4.34. The third-order valence-corrected chi connectivity index (χ3v) is 5.48. The molecular formula is C20H26N4S. The molecule has 1 aromatic heterocycles. The molecule has 0 radical (unpaired) electrons. The first kappa shape index (κ1) is 17.8. The molecule has 25 heavy (non-hydrogen) atoms. The zero-order valence-electron chi connectivity index (χ0n) is 14.7. The molecular weight excluding hydrogens is 328 g/mol. The van der Waals surface area contributed by atoms with E-state index in [-0.39, 0.29) is 0 Å². The van der Waals surface area contributed by atoms with Gasteiger partial charge in [0, 0.05) is 34.5 Å². The SMILES string of the molecule is CC1(CCNc2cc(C(=N)c3cc(S)ccc3N)ccn2)CCCC1. The molecule has 132 valence electrons. The minimum atomic E-state index is 0.390. The van der Waals surface area contributed by atoms with E-state index >= 15 is 0 Å². The fraction of sp³-hybridized carbons (Fsp3) is 0.400. The van der Waals surface area contributed by atoms with Crippen LogP contribution >= 0.6 is 12.6 Å². The number of anilines is 2. The molecule has 0 atom stereocenters. The Hall–Kier alpha value is -2.01. The average Bonchev–Trinajstić information content (AvgIpc) is 3.03. The van der Waals surface area contributed by atoms with Gasteiger partial charge in [0.15, 0.2) is 0 Å². The largest absolute Gasteiger partial charge is 0.398 e. The molecule has 4 N–H and O–H groups in total. The van der Waals surface area contributed by atoms with Crippen molar-refractivity contribution in [1.29, 1.82) is 5.41 Å². The summed E-state index contributed by atoms with van der Waals surface area (Å²) in [5, 5.41) is 11.9. The zero-order valence-corrected chi connectivity index (χ0v) is 15.6. The number of thiol groups is 1. The highest BCUT2D eigenvalue weighted by Gasteiger charge is 2.27. The quantitative estimate of drug-likeness (QED) is 0.343. The van der Waals surface area contributed by atoms with Gasteiger partial charge >= 0.3 is 0 Å². The minimum Gasteiger partial charge on any atom is -0.398 e. The van der Waals surface area contributed by atoms with E-state index in [1.165, 1.54) is 25.7 Å². The molecule has 4 nitrogen and oxygen atoms in total. The molecule has 1 fully saturated rings. The van der Waals surface area contributed by atoms with Crippen molar-refractivity contribution in [2.45, 2.75) is 43.9 Å². The molecule has 1 aliphatic carbocycles. The number of hydrogen-bond donors (Lipinski definition) is 4. The Morgan fingerprint density at radius 3 is 2.80 bits per heavy atom. The number of nitrogens with one attached hydrogen (secondary N) is 2. The lowest BCUT2D eigenvalue weighted by molar-refractivity contribution is 0.318. The number of nitrogen functional groups attached to an aromatic ring is 1. The first-order chi connectivity index (χ1) is 12.0. The number of aromatic nitrogens is 1. The molecule has 5 heteroatoms. The number of nitrogens with zero attached hydrogens (tertiary/aromatic N) is 1. The van der Waals surface area contributed by atoms with Crippen LogP contribution in [-0.4, -0.2) is 17.2 Å². The first-order valence-electron chi connectivity index (χ1n) is 8.85. The molecule has 2 aromatic rings. The zero-order chi connectivity index (χ0) is 17.9. The van der Waals surface area contributed by atoms with Crippen LogP contribution in [0.3, 0.4) is 0 Å². The van der Waals surface area contributed by atoms with E-state index in [4.69, 9.17) is 11.1 Å². The van der Waals surface area contributed by atoms with Crippen LogP contribution in [-0.2, 0) is 0 Å². The second kappa shape index (κ2) is 7.48. The van der Waals surface area contributed by atoms with Crippen LogP contribution in [0, 0.1) is 10.8 Å². The Bertz CT molecular complexity index is 766. The van der Waals surface area contributed by atoms with Gasteiger partial charge in [0.2, 0.25) is 0 Å². The fourth-order valence-electron chi connectivity index (χ4n) is 3.57. The number of benzene rings is 1. The van der Waals surface area contributed by atoms with Crippen molar-refractivity contribution in [2.75, 3.05) is 17.6 Å². The van der Waals surface area contributed by atoms with Gasteiger partial charge in [-0.1, -0.05) is 19.8 Å². The predicted molar refractivity (Wildman–Crippen MR) is 108 cm³/mol. The maximum absolute atomic E-state index is 8.48. The highest BCUT2D eigenvalue weighted by atomic mass is 32.1. The molecule has 0 bridgehead atoms. The number of pyridine rings is 1. The smallest absolute Gasteiger partial charge is 0.126 e. The van der Waals surface area contributed by atoms with Gasteiger partial charge in [-0.2, -0.15) is 0 Å². The van der Waals surface area contributed by atoms with Gasteiger partial charge in [-0.25, -0.2) is 4.98 Å². The van der Waals surface area contributed by atoms with Gasteiger partial charge in [-0.15, -0.1) is 12.6 Å². The monoisotopic (exact) mass is 354 g/mol. The molecule has 1 saturated carbocycles. The Morgan fingerprint density at radius 1 is 1.28 bits per heavy atom. The summed E-state index contributed by atoms with van der Waals surface area (Å²) < 4.78 is 0. The molecule has 1 aliphatic rings. The van der Waals surface area contributed by atoms with E-state index in [2.05, 4.69) is 29.9 Å². The van der Waals surface area contributed by atoms with Crippen molar-refractivity contribution in [3.05, 3.63) is 47.7 Å². The van der Waals surface area contributed by atoms with Crippen molar-refractivity contribution in [2.24, 2.45) is 5.41 Å². The van der Waals surface area contributed by atoms with Crippen LogP contribution in [0.15, 0.2) is 41.4 Å². The van der Waals surface area contributed by atoms with Crippen LogP contribution < -0.4 is 11.1 Å². The van der Waals surface area contributed by atoms with Crippen molar-refractivity contribution in [1.82, 2.24) is 4.98 Å². The van der Waals surface area contributed by atoms with Crippen molar-refractivity contribution < 1.29 is 0 Å². The summed E-state index contributed by atoms with van der Waals surface area (Å²) in [7, 11) is 0. The Morgan fingerprint density at radius 2 is 2.04 bits per heavy atom. The second-order valence-electron chi connectivity index (χ2n) is 7.27. The lowest BCUT2D eigenvalue weighted by Gasteiger charge is -2.23. The molecule has 0 aliphatic heterocycles. The van der Waals surface area contributed by atoms with Gasteiger partial charge in [0.05, 0.1) is 5.71 Å². The van der Waals surface area contributed by atoms with E-state index in [0.29, 0.717) is 22.4 Å². The maximum atomic E-state index is 8.48. The van der Waals surface area contributed by atoms with E-state index in [9.17, 15) is 0 Å². The number of rotatable bonds is 6. The van der Waals surface area contributed by atoms with Gasteiger partial charge in [-0.05, 0) is 55.0 Å². The summed E-state index contributed by atoms with van der Waals surface area (Å²) in [4.78, 5) is 5.19. The lowest BCUT2D eigenvalue weighted by atomic mass is 9.85. The van der Waals surface area contributed by atoms with Gasteiger partial charge in [-0.3, -0.25) is 5.41 Å². The van der Waals surface area contributed by atoms with E-state index < -0.39 is 0 Å². The topological polar surface area (TPSA) is 74.8 Å². The lowest BCUT2D eigenvalue weighted by Crippen LogP contribution is -2.17. The van der Waals surface area contributed by atoms with Crippen molar-refractivity contribution in [3.63, 3.8) is 0 Å². The second-order valence-corrected chi connectivity index (χ2v) is 7.79. The molecule has 0 amide bonds. The molecule has 1 heterocycles. The van der Waals surface area contributed by atoms with Crippen molar-refractivity contribution >= 4 is 29.8 Å². The minimum absolute atomic E-state index is 0.390. The van der Waals surface area contributed by atoms with Crippen LogP contribution in [0.2, 0.25) is 0 Å². The molecule has 0 saturated heterocycles. The van der Waals surface area contributed by atoms with E-state index in [1.807, 2.05) is 24.3 Å². The van der Waals surface area contributed by atoms with Gasteiger partial charge < -0.3 is 11.1 Å². The predicted octanol–water partition coefficient (Wildman–Crippen LogP) is 4.75. The van der Waals surface area contributed by atoms with Crippen LogP contribution in [0.5, 0.6) is 0 Å². The first-order valence-corrected chi connectivity index (χ1v) is 9.29. The van der Waals surface area contributed by atoms with Crippen LogP contribution in [0.25, 0.3) is 0 Å². The highest BCUT2D eigenvalue weighted by molar-refractivity contribution is 7.80. The van der Waals surface area contributed by atoms with Gasteiger partial charge in [0.1, 0.15) is 5.82 Å². The summed E-state index contributed by atoms with van der Waals surface area (Å²) in [5.41, 5.74) is 8.97. The standard InChI is InChI=1S/C20H26N4S/c1-20(7-2-3-8-20)9-11-24-18-12-14(6-10-23-18)19(22)16-13-15(25)4-5-17(16)21/h4-6,10,12-13,22,25H,2-3,7-9,11,21H2,1H3,(H,23,24). The summed E-state index contributed by atoms with van der Waals surface area (Å²) in [5.74, 6) is 0.810. The Balaban J connectivity index is 1.68. The van der Waals surface area contributed by atoms with Crippen LogP contribution in [0.4, 0.5) is 11.5 Å². The number of nitrogens with two attached hydrogens (primary N) is 1. The molecule has 1 aromatic carbocycles.